The number of nitrogens with one attached hydrogen (secondary N) is 1. The third-order valence-corrected chi connectivity index (χ3v) is 3.31. The van der Waals surface area contributed by atoms with Crippen molar-refractivity contribution in [3.05, 3.63) is 12.4 Å². The SMILES string of the molecule is COc1cncc(NCCC(CCC(=O)O)C(C)C)n1. The van der Waals surface area contributed by atoms with E-state index in [4.69, 9.17) is 9.84 Å². The Morgan fingerprint density at radius 2 is 2.15 bits per heavy atom. The van der Waals surface area contributed by atoms with Gasteiger partial charge >= 0.3 is 5.97 Å². The third kappa shape index (κ3) is 5.86. The molecule has 1 atom stereocenters. The molecule has 1 aromatic rings. The fraction of sp³-hybridized carbons (Fsp3) is 0.643. The van der Waals surface area contributed by atoms with Crippen molar-refractivity contribution in [2.75, 3.05) is 19.0 Å². The number of ether oxygens (including phenoxy) is 1. The van der Waals surface area contributed by atoms with Gasteiger partial charge in [-0.15, -0.1) is 0 Å². The minimum Gasteiger partial charge on any atom is -0.481 e. The number of methoxy groups -OCH3 is 1. The summed E-state index contributed by atoms with van der Waals surface area (Å²) in [6, 6.07) is 0. The second kappa shape index (κ2) is 8.35. The Morgan fingerprint density at radius 3 is 2.75 bits per heavy atom. The van der Waals surface area contributed by atoms with Gasteiger partial charge in [-0.2, -0.15) is 4.98 Å². The molecule has 0 aliphatic rings. The predicted molar refractivity (Wildman–Crippen MR) is 76.9 cm³/mol. The largest absolute Gasteiger partial charge is 0.481 e. The zero-order chi connectivity index (χ0) is 15.0. The van der Waals surface area contributed by atoms with E-state index in [1.54, 1.807) is 19.5 Å². The molecule has 1 rings (SSSR count). The number of carbonyl (C=O) groups is 1. The molecule has 0 aromatic carbocycles. The highest BCUT2D eigenvalue weighted by Crippen LogP contribution is 2.21. The standard InChI is InChI=1S/C14H23N3O3/c1-10(2)11(4-5-14(18)19)6-7-16-12-8-15-9-13(17-12)20-3/h8-11H,4-7H2,1-3H3,(H,16,17)(H,18,19). The lowest BCUT2D eigenvalue weighted by Gasteiger charge is -2.20. The fourth-order valence-corrected chi connectivity index (χ4v) is 2.04. The first kappa shape index (κ1) is 16.2. The van der Waals surface area contributed by atoms with Crippen LogP contribution in [0.4, 0.5) is 5.82 Å². The van der Waals surface area contributed by atoms with Gasteiger partial charge in [0.15, 0.2) is 0 Å². The first-order valence-corrected chi connectivity index (χ1v) is 6.84. The van der Waals surface area contributed by atoms with Crippen molar-refractivity contribution in [3.8, 4) is 5.88 Å². The van der Waals surface area contributed by atoms with Gasteiger partial charge in [0.2, 0.25) is 5.88 Å². The van der Waals surface area contributed by atoms with Crippen molar-refractivity contribution >= 4 is 11.8 Å². The molecule has 112 valence electrons. The van der Waals surface area contributed by atoms with Gasteiger partial charge in [0.1, 0.15) is 5.82 Å². The van der Waals surface area contributed by atoms with Gasteiger partial charge in [-0.25, -0.2) is 0 Å². The smallest absolute Gasteiger partial charge is 0.303 e. The van der Waals surface area contributed by atoms with E-state index in [1.807, 2.05) is 0 Å². The van der Waals surface area contributed by atoms with E-state index in [9.17, 15) is 4.79 Å². The number of rotatable bonds is 9. The van der Waals surface area contributed by atoms with E-state index >= 15 is 0 Å². The first-order chi connectivity index (χ1) is 9.52. The molecular weight excluding hydrogens is 258 g/mol. The second-order valence-electron chi connectivity index (χ2n) is 5.10. The molecule has 20 heavy (non-hydrogen) atoms. The number of nitrogens with zero attached hydrogens (tertiary/aromatic N) is 2. The van der Waals surface area contributed by atoms with Crippen LogP contribution in [0.15, 0.2) is 12.4 Å². The summed E-state index contributed by atoms with van der Waals surface area (Å²) in [4.78, 5) is 18.9. The highest BCUT2D eigenvalue weighted by molar-refractivity contribution is 5.66. The van der Waals surface area contributed by atoms with Gasteiger partial charge in [-0.3, -0.25) is 9.78 Å². The highest BCUT2D eigenvalue weighted by atomic mass is 16.5. The van der Waals surface area contributed by atoms with E-state index < -0.39 is 5.97 Å². The number of carboxylic acids is 1. The Labute approximate surface area is 119 Å². The van der Waals surface area contributed by atoms with E-state index in [2.05, 4.69) is 29.1 Å². The summed E-state index contributed by atoms with van der Waals surface area (Å²) in [7, 11) is 1.55. The number of aromatic nitrogens is 2. The lowest BCUT2D eigenvalue weighted by atomic mass is 9.88. The molecule has 0 bridgehead atoms. The quantitative estimate of drug-likeness (QED) is 0.723. The van der Waals surface area contributed by atoms with Gasteiger partial charge in [-0.05, 0) is 24.7 Å². The van der Waals surface area contributed by atoms with Gasteiger partial charge in [0.05, 0.1) is 19.5 Å². The lowest BCUT2D eigenvalue weighted by Crippen LogP contribution is -2.16. The number of aliphatic carboxylic acids is 1. The molecule has 0 saturated carbocycles. The summed E-state index contributed by atoms with van der Waals surface area (Å²) >= 11 is 0. The molecule has 1 heterocycles. The van der Waals surface area contributed by atoms with Crippen molar-refractivity contribution in [3.63, 3.8) is 0 Å². The van der Waals surface area contributed by atoms with Crippen LogP contribution in [0, 0.1) is 11.8 Å². The molecule has 0 aliphatic heterocycles. The van der Waals surface area contributed by atoms with Crippen LogP contribution >= 0.6 is 0 Å². The Kier molecular flexibility index (Phi) is 6.76. The van der Waals surface area contributed by atoms with Crippen LogP contribution in [0.1, 0.15) is 33.1 Å². The Bertz CT molecular complexity index is 424. The topological polar surface area (TPSA) is 84.3 Å². The maximum absolute atomic E-state index is 10.6. The average Bonchev–Trinajstić information content (AvgIpc) is 2.42. The van der Waals surface area contributed by atoms with E-state index in [1.165, 1.54) is 0 Å². The van der Waals surface area contributed by atoms with E-state index in [0.717, 1.165) is 13.0 Å². The fourth-order valence-electron chi connectivity index (χ4n) is 2.04. The number of hydrogen-bond acceptors (Lipinski definition) is 5. The number of anilines is 1. The molecule has 2 N–H and O–H groups in total. The molecule has 0 fully saturated rings. The minimum atomic E-state index is -0.734. The normalized spacial score (nSPS) is 12.2. The van der Waals surface area contributed by atoms with Gasteiger partial charge in [-0.1, -0.05) is 13.8 Å². The molecular formula is C14H23N3O3. The minimum absolute atomic E-state index is 0.224. The van der Waals surface area contributed by atoms with Crippen LogP contribution in [0.2, 0.25) is 0 Å². The van der Waals surface area contributed by atoms with Gasteiger partial charge in [0.25, 0.3) is 0 Å². The van der Waals surface area contributed by atoms with Crippen molar-refractivity contribution in [1.29, 1.82) is 0 Å². The van der Waals surface area contributed by atoms with E-state index in [-0.39, 0.29) is 6.42 Å². The van der Waals surface area contributed by atoms with Crippen molar-refractivity contribution in [1.82, 2.24) is 9.97 Å². The average molecular weight is 281 g/mol. The molecule has 6 nitrogen and oxygen atoms in total. The zero-order valence-electron chi connectivity index (χ0n) is 12.3. The number of hydrogen-bond donors (Lipinski definition) is 2. The molecule has 0 radical (unpaired) electrons. The van der Waals surface area contributed by atoms with Crippen molar-refractivity contribution in [2.45, 2.75) is 33.1 Å². The molecule has 0 amide bonds. The molecule has 0 spiro atoms. The monoisotopic (exact) mass is 281 g/mol. The Balaban J connectivity index is 2.41. The van der Waals surface area contributed by atoms with Crippen LogP contribution in [0.25, 0.3) is 0 Å². The van der Waals surface area contributed by atoms with Gasteiger partial charge in [0, 0.05) is 13.0 Å². The van der Waals surface area contributed by atoms with Crippen molar-refractivity contribution < 1.29 is 14.6 Å². The highest BCUT2D eigenvalue weighted by Gasteiger charge is 2.14. The summed E-state index contributed by atoms with van der Waals surface area (Å²) in [6.07, 6.45) is 5.03. The van der Waals surface area contributed by atoms with Crippen LogP contribution in [-0.4, -0.2) is 34.7 Å². The summed E-state index contributed by atoms with van der Waals surface area (Å²) in [5.74, 6) is 1.26. The molecule has 0 aliphatic carbocycles. The van der Waals surface area contributed by atoms with Crippen LogP contribution in [-0.2, 0) is 4.79 Å². The summed E-state index contributed by atoms with van der Waals surface area (Å²) in [5.41, 5.74) is 0. The predicted octanol–water partition coefficient (Wildman–Crippen LogP) is 2.42. The van der Waals surface area contributed by atoms with Crippen LogP contribution in [0.5, 0.6) is 5.88 Å². The first-order valence-electron chi connectivity index (χ1n) is 6.84. The maximum atomic E-state index is 10.6. The molecule has 1 unspecified atom stereocenters. The molecule has 1 aromatic heterocycles. The second-order valence-corrected chi connectivity index (χ2v) is 5.10. The molecule has 0 saturated heterocycles. The zero-order valence-corrected chi connectivity index (χ0v) is 12.3. The Morgan fingerprint density at radius 1 is 1.40 bits per heavy atom. The van der Waals surface area contributed by atoms with Crippen LogP contribution < -0.4 is 10.1 Å². The van der Waals surface area contributed by atoms with Gasteiger partial charge < -0.3 is 15.2 Å². The molecule has 6 heteroatoms. The lowest BCUT2D eigenvalue weighted by molar-refractivity contribution is -0.137. The maximum Gasteiger partial charge on any atom is 0.303 e. The van der Waals surface area contributed by atoms with E-state index in [0.29, 0.717) is 30.0 Å². The third-order valence-electron chi connectivity index (χ3n) is 3.31. The summed E-state index contributed by atoms with van der Waals surface area (Å²) < 4.78 is 5.01. The number of carboxylic acid groups (broad SMARTS) is 1. The Hall–Kier alpha value is -1.85. The van der Waals surface area contributed by atoms with Crippen LogP contribution in [0.3, 0.4) is 0 Å². The summed E-state index contributed by atoms with van der Waals surface area (Å²) in [5, 5.41) is 11.9. The summed E-state index contributed by atoms with van der Waals surface area (Å²) in [6.45, 7) is 4.99. The van der Waals surface area contributed by atoms with Crippen molar-refractivity contribution in [2.24, 2.45) is 11.8 Å².